The van der Waals surface area contributed by atoms with Crippen molar-refractivity contribution in [2.24, 2.45) is 0 Å². The lowest BCUT2D eigenvalue weighted by Crippen LogP contribution is -2.21. The summed E-state index contributed by atoms with van der Waals surface area (Å²) in [7, 11) is 0.606. The van der Waals surface area contributed by atoms with Crippen molar-refractivity contribution >= 4 is 7.12 Å². The summed E-state index contributed by atoms with van der Waals surface area (Å²) in [5.74, 6) is 1.56. The van der Waals surface area contributed by atoms with E-state index in [0.717, 1.165) is 6.42 Å². The largest absolute Gasteiger partial charge is 0.482 e. The van der Waals surface area contributed by atoms with E-state index < -0.39 is 7.12 Å². The maximum atomic E-state index is 9.05. The lowest BCUT2D eigenvalue weighted by atomic mass is 9.91. The Bertz CT molecular complexity index is 210. The van der Waals surface area contributed by atoms with E-state index in [2.05, 4.69) is 4.65 Å². The second-order valence-electron chi connectivity index (χ2n) is 3.81. The molecule has 0 saturated carbocycles. The highest BCUT2D eigenvalue weighted by Crippen LogP contribution is 2.22. The Hall–Kier alpha value is -0.355. The molecule has 1 heterocycles. The molecule has 1 saturated heterocycles. The second kappa shape index (κ2) is 6.28. The van der Waals surface area contributed by atoms with Gasteiger partial charge in [0.1, 0.15) is 0 Å². The first kappa shape index (κ1) is 12.7. The van der Waals surface area contributed by atoms with Crippen molar-refractivity contribution in [2.75, 3.05) is 13.7 Å². The Kier molecular flexibility index (Phi) is 5.32. The summed E-state index contributed by atoms with van der Waals surface area (Å²) in [6.07, 6.45) is 3.27. The highest BCUT2D eigenvalue weighted by molar-refractivity contribution is 6.49. The van der Waals surface area contributed by atoms with Crippen molar-refractivity contribution in [1.82, 2.24) is 0 Å². The Balaban J connectivity index is 2.17. The van der Waals surface area contributed by atoms with Crippen molar-refractivity contribution in [2.45, 2.75) is 38.6 Å². The van der Waals surface area contributed by atoms with E-state index in [1.807, 2.05) is 13.8 Å². The van der Waals surface area contributed by atoms with Crippen LogP contribution in [-0.4, -0.2) is 44.2 Å². The predicted molar refractivity (Wildman–Crippen MR) is 58.5 cm³/mol. The molecule has 0 unspecified atom stereocenters. The summed E-state index contributed by atoms with van der Waals surface area (Å²) in [5.41, 5.74) is 0. The first-order valence-corrected chi connectivity index (χ1v) is 5.28. The molecule has 4 nitrogen and oxygen atoms in total. The first-order valence-electron chi connectivity index (χ1n) is 5.28. The molecule has 0 radical (unpaired) electrons. The third kappa shape index (κ3) is 4.34. The maximum absolute atomic E-state index is 9.05. The summed E-state index contributed by atoms with van der Waals surface area (Å²) in [4.78, 5) is 0. The zero-order chi connectivity index (χ0) is 11.3. The molecular weight excluding hydrogens is 195 g/mol. The van der Waals surface area contributed by atoms with E-state index in [0.29, 0.717) is 6.61 Å². The highest BCUT2D eigenvalue weighted by Gasteiger charge is 2.29. The normalized spacial score (nSPS) is 31.3. The number of rotatable bonds is 5. The van der Waals surface area contributed by atoms with E-state index in [4.69, 9.17) is 14.5 Å². The van der Waals surface area contributed by atoms with Crippen molar-refractivity contribution in [3.63, 3.8) is 0 Å². The van der Waals surface area contributed by atoms with Gasteiger partial charge in [0.2, 0.25) is 0 Å². The van der Waals surface area contributed by atoms with Crippen LogP contribution in [-0.2, 0) is 14.1 Å². The summed E-state index contributed by atoms with van der Waals surface area (Å²) < 4.78 is 15.8. The number of hydrogen-bond donors (Lipinski definition) is 1. The molecular formula is C10H19BO4. The van der Waals surface area contributed by atoms with Crippen LogP contribution in [0.15, 0.2) is 12.1 Å². The van der Waals surface area contributed by atoms with Crippen LogP contribution >= 0.6 is 0 Å². The van der Waals surface area contributed by atoms with Gasteiger partial charge < -0.3 is 19.2 Å². The molecule has 86 valence electrons. The average Bonchev–Trinajstić information content (AvgIpc) is 2.52. The fourth-order valence-corrected chi connectivity index (χ4v) is 1.66. The molecule has 0 aromatic rings. The summed E-state index contributed by atoms with van der Waals surface area (Å²) in [6.45, 7) is 4.54. The molecule has 0 amide bonds. The molecule has 15 heavy (non-hydrogen) atoms. The van der Waals surface area contributed by atoms with Crippen LogP contribution in [0.5, 0.6) is 0 Å². The summed E-state index contributed by atoms with van der Waals surface area (Å²) >= 11 is 0. The van der Waals surface area contributed by atoms with Crippen molar-refractivity contribution in [3.8, 4) is 0 Å². The molecule has 1 N–H and O–H groups in total. The van der Waals surface area contributed by atoms with Gasteiger partial charge in [-0.1, -0.05) is 12.1 Å². The Morgan fingerprint density at radius 3 is 2.80 bits per heavy atom. The van der Waals surface area contributed by atoms with Crippen LogP contribution in [0.1, 0.15) is 20.3 Å². The van der Waals surface area contributed by atoms with Crippen LogP contribution in [0.3, 0.4) is 0 Å². The average molecular weight is 214 g/mol. The highest BCUT2D eigenvalue weighted by atomic mass is 16.6. The smallest absolute Gasteiger partial charge is 0.423 e. The minimum Gasteiger partial charge on any atom is -0.423 e. The van der Waals surface area contributed by atoms with Crippen molar-refractivity contribution in [3.05, 3.63) is 12.1 Å². The van der Waals surface area contributed by atoms with Gasteiger partial charge in [-0.15, -0.1) is 0 Å². The van der Waals surface area contributed by atoms with Crippen LogP contribution < -0.4 is 0 Å². The van der Waals surface area contributed by atoms with Gasteiger partial charge in [0.25, 0.3) is 0 Å². The maximum Gasteiger partial charge on any atom is 0.482 e. The van der Waals surface area contributed by atoms with Gasteiger partial charge in [-0.3, -0.25) is 0 Å². The molecule has 1 rings (SSSR count). The molecule has 0 aliphatic carbocycles. The Labute approximate surface area is 91.4 Å². The molecule has 0 bridgehead atoms. The van der Waals surface area contributed by atoms with Crippen LogP contribution in [0.4, 0.5) is 0 Å². The van der Waals surface area contributed by atoms with Crippen LogP contribution in [0.25, 0.3) is 0 Å². The van der Waals surface area contributed by atoms with Gasteiger partial charge in [-0.05, 0) is 13.8 Å². The quantitative estimate of drug-likeness (QED) is 0.687. The number of ether oxygens (including phenoxy) is 2. The lowest BCUT2D eigenvalue weighted by Gasteiger charge is -2.13. The molecule has 0 aromatic heterocycles. The third-order valence-corrected chi connectivity index (χ3v) is 2.48. The van der Waals surface area contributed by atoms with Crippen LogP contribution in [0, 0.1) is 0 Å². The lowest BCUT2D eigenvalue weighted by molar-refractivity contribution is -0.000714. The van der Waals surface area contributed by atoms with E-state index in [9.17, 15) is 0 Å². The monoisotopic (exact) mass is 214 g/mol. The Morgan fingerprint density at radius 2 is 2.27 bits per heavy atom. The van der Waals surface area contributed by atoms with Gasteiger partial charge in [-0.25, -0.2) is 0 Å². The Morgan fingerprint density at radius 1 is 1.53 bits per heavy atom. The molecule has 3 atom stereocenters. The molecule has 0 spiro atoms. The first-order chi connectivity index (χ1) is 7.13. The summed E-state index contributed by atoms with van der Waals surface area (Å²) in [5, 5.41) is 9.05. The molecule has 1 aliphatic heterocycles. The fraction of sp³-hybridized carbons (Fsp3) is 0.800. The summed E-state index contributed by atoms with van der Waals surface area (Å²) in [6, 6.07) is 0. The van der Waals surface area contributed by atoms with Gasteiger partial charge in [0.05, 0.1) is 24.9 Å². The zero-order valence-electron chi connectivity index (χ0n) is 9.55. The van der Waals surface area contributed by atoms with Crippen molar-refractivity contribution < 1.29 is 19.2 Å². The third-order valence-electron chi connectivity index (χ3n) is 2.48. The minimum atomic E-state index is -0.843. The van der Waals surface area contributed by atoms with Gasteiger partial charge in [0, 0.05) is 13.5 Å². The molecule has 1 fully saturated rings. The second-order valence-corrected chi connectivity index (χ2v) is 3.81. The van der Waals surface area contributed by atoms with E-state index >= 15 is 0 Å². The number of hydrogen-bond acceptors (Lipinski definition) is 4. The van der Waals surface area contributed by atoms with E-state index in [-0.39, 0.29) is 18.3 Å². The van der Waals surface area contributed by atoms with Gasteiger partial charge >= 0.3 is 7.12 Å². The fourth-order valence-electron chi connectivity index (χ4n) is 1.66. The minimum absolute atomic E-state index is 0.153. The topological polar surface area (TPSA) is 47.9 Å². The van der Waals surface area contributed by atoms with Gasteiger partial charge in [0.15, 0.2) is 0 Å². The molecule has 0 aromatic carbocycles. The zero-order valence-corrected chi connectivity index (χ0v) is 9.55. The predicted octanol–water partition coefficient (Wildman–Crippen LogP) is 0.791. The molecule has 5 heteroatoms. The van der Waals surface area contributed by atoms with E-state index in [1.165, 1.54) is 7.11 Å². The SMILES string of the molecule is COB(O)/C=C\CO[C@@H]1C[C@H](C)O[C@@H]1C. The van der Waals surface area contributed by atoms with E-state index in [1.54, 1.807) is 12.1 Å². The standard InChI is InChI=1S/C10H19BO4/c1-8-7-10(9(2)15-8)14-6-4-5-11(12)13-3/h4-5,8-10,12H,6-7H2,1-3H3/b5-4-/t8-,9+,10+/m0/s1. The van der Waals surface area contributed by atoms with Gasteiger partial charge in [-0.2, -0.15) is 0 Å². The van der Waals surface area contributed by atoms with Crippen molar-refractivity contribution in [1.29, 1.82) is 0 Å². The molecule has 1 aliphatic rings. The van der Waals surface area contributed by atoms with Crippen LogP contribution in [0.2, 0.25) is 0 Å².